The van der Waals surface area contributed by atoms with Crippen LogP contribution in [0.5, 0.6) is 6.01 Å². The van der Waals surface area contributed by atoms with Crippen LogP contribution in [-0.2, 0) is 16.2 Å². The number of carboxylic acid groups (broad SMARTS) is 1. The Morgan fingerprint density at radius 3 is 2.43 bits per heavy atom. The van der Waals surface area contributed by atoms with Gasteiger partial charge in [0.2, 0.25) is 5.91 Å². The molecule has 1 atom stereocenters. The number of aromatic carboxylic acids is 1. The maximum atomic E-state index is 13.3. The average molecular weight is 509 g/mol. The SMILES string of the molecule is CC(C)(C)C(=O)N1CC(=O)C(c2nc(OCc3ccc(F)cc3)n(C(=O)c3cccc(C(=O)O)c3)n2)C1. The van der Waals surface area contributed by atoms with Gasteiger partial charge in [0.05, 0.1) is 18.0 Å². The van der Waals surface area contributed by atoms with Gasteiger partial charge in [-0.05, 0) is 35.9 Å². The van der Waals surface area contributed by atoms with Gasteiger partial charge >= 0.3 is 12.0 Å². The second kappa shape index (κ2) is 9.92. The Kier molecular flexibility index (Phi) is 6.88. The van der Waals surface area contributed by atoms with Gasteiger partial charge in [-0.2, -0.15) is 4.98 Å². The lowest BCUT2D eigenvalue weighted by Crippen LogP contribution is -2.38. The summed E-state index contributed by atoms with van der Waals surface area (Å²) in [6, 6.07) is 10.7. The minimum Gasteiger partial charge on any atom is -0.478 e. The molecule has 1 amide bonds. The van der Waals surface area contributed by atoms with E-state index in [0.717, 1.165) is 4.68 Å². The third kappa shape index (κ3) is 5.55. The topological polar surface area (TPSA) is 132 Å². The molecule has 1 aliphatic rings. The van der Waals surface area contributed by atoms with Crippen molar-refractivity contribution in [3.63, 3.8) is 0 Å². The summed E-state index contributed by atoms with van der Waals surface area (Å²) in [5.41, 5.74) is -0.166. The van der Waals surface area contributed by atoms with E-state index >= 15 is 0 Å². The van der Waals surface area contributed by atoms with Gasteiger partial charge in [-0.25, -0.2) is 9.18 Å². The summed E-state index contributed by atoms with van der Waals surface area (Å²) in [4.78, 5) is 55.9. The predicted octanol–water partition coefficient (Wildman–Crippen LogP) is 2.92. The molecule has 0 spiro atoms. The normalized spacial score (nSPS) is 15.6. The van der Waals surface area contributed by atoms with Gasteiger partial charge in [-0.1, -0.05) is 39.0 Å². The fraction of sp³-hybridized carbons (Fsp3) is 0.308. The third-order valence-corrected chi connectivity index (χ3v) is 5.80. The second-order valence-electron chi connectivity index (χ2n) is 9.73. The zero-order valence-corrected chi connectivity index (χ0v) is 20.5. The lowest BCUT2D eigenvalue weighted by atomic mass is 9.95. The molecule has 0 bridgehead atoms. The van der Waals surface area contributed by atoms with Crippen LogP contribution in [0.2, 0.25) is 0 Å². The van der Waals surface area contributed by atoms with Crippen molar-refractivity contribution in [2.24, 2.45) is 5.41 Å². The zero-order chi connectivity index (χ0) is 26.9. The predicted molar refractivity (Wildman–Crippen MR) is 128 cm³/mol. The van der Waals surface area contributed by atoms with Crippen molar-refractivity contribution >= 4 is 23.6 Å². The van der Waals surface area contributed by atoms with Crippen LogP contribution in [0.25, 0.3) is 0 Å². The highest BCUT2D eigenvalue weighted by Crippen LogP contribution is 2.28. The van der Waals surface area contributed by atoms with E-state index in [2.05, 4.69) is 10.1 Å². The number of ketones is 1. The standard InChI is InChI=1S/C26H25FN4O6/c1-26(2,3)24(36)30-12-19(20(32)13-30)21-28-25(37-14-15-7-9-18(27)10-8-15)31(29-21)22(33)16-5-4-6-17(11-16)23(34)35/h4-11,19H,12-14H2,1-3H3,(H,34,35). The van der Waals surface area contributed by atoms with Crippen molar-refractivity contribution in [2.75, 3.05) is 13.1 Å². The van der Waals surface area contributed by atoms with Crippen LogP contribution >= 0.6 is 0 Å². The van der Waals surface area contributed by atoms with E-state index in [1.165, 1.54) is 53.4 Å². The summed E-state index contributed by atoms with van der Waals surface area (Å²) in [6.45, 7) is 5.14. The monoisotopic (exact) mass is 508 g/mol. The molecule has 1 fully saturated rings. The van der Waals surface area contributed by atoms with Crippen molar-refractivity contribution in [3.8, 4) is 6.01 Å². The molecule has 2 heterocycles. The van der Waals surface area contributed by atoms with Gasteiger partial charge in [0.15, 0.2) is 11.6 Å². The van der Waals surface area contributed by atoms with Crippen LogP contribution in [0.4, 0.5) is 4.39 Å². The molecule has 11 heteroatoms. The highest BCUT2D eigenvalue weighted by Gasteiger charge is 2.41. The Morgan fingerprint density at radius 2 is 1.78 bits per heavy atom. The Hall–Kier alpha value is -4.41. The molecule has 1 unspecified atom stereocenters. The number of nitrogens with zero attached hydrogens (tertiary/aromatic N) is 4. The first-order valence-electron chi connectivity index (χ1n) is 11.5. The first kappa shape index (κ1) is 25.7. The third-order valence-electron chi connectivity index (χ3n) is 5.80. The number of ether oxygens (including phenoxy) is 1. The minimum absolute atomic E-state index is 0.00561. The molecule has 192 valence electrons. The summed E-state index contributed by atoms with van der Waals surface area (Å²) in [7, 11) is 0. The van der Waals surface area contributed by atoms with Gasteiger partial charge in [-0.15, -0.1) is 9.78 Å². The van der Waals surface area contributed by atoms with Gasteiger partial charge < -0.3 is 14.7 Å². The number of hydrogen-bond acceptors (Lipinski definition) is 7. The Balaban J connectivity index is 1.67. The summed E-state index contributed by atoms with van der Waals surface area (Å²) >= 11 is 0. The van der Waals surface area contributed by atoms with E-state index in [4.69, 9.17) is 4.74 Å². The maximum absolute atomic E-state index is 13.3. The summed E-state index contributed by atoms with van der Waals surface area (Å²) < 4.78 is 19.8. The van der Waals surface area contributed by atoms with Crippen LogP contribution < -0.4 is 4.74 Å². The number of benzene rings is 2. The average Bonchev–Trinajstić information content (AvgIpc) is 3.45. The van der Waals surface area contributed by atoms with Crippen molar-refractivity contribution in [3.05, 3.63) is 76.9 Å². The first-order valence-corrected chi connectivity index (χ1v) is 11.5. The maximum Gasteiger partial charge on any atom is 0.335 e. The van der Waals surface area contributed by atoms with Crippen LogP contribution in [0.3, 0.4) is 0 Å². The van der Waals surface area contributed by atoms with Gasteiger partial charge in [0, 0.05) is 17.5 Å². The van der Waals surface area contributed by atoms with E-state index < -0.39 is 29.0 Å². The van der Waals surface area contributed by atoms with Gasteiger partial charge in [-0.3, -0.25) is 14.4 Å². The quantitative estimate of drug-likeness (QED) is 0.538. The number of halogens is 1. The molecule has 1 N–H and O–H groups in total. The molecule has 3 aromatic rings. The molecule has 1 saturated heterocycles. The Labute approximate surface area is 211 Å². The molecule has 37 heavy (non-hydrogen) atoms. The summed E-state index contributed by atoms with van der Waals surface area (Å²) in [5, 5.41) is 13.5. The molecule has 1 aromatic heterocycles. The molecule has 2 aromatic carbocycles. The van der Waals surface area contributed by atoms with Crippen molar-refractivity contribution in [2.45, 2.75) is 33.3 Å². The van der Waals surface area contributed by atoms with Gasteiger partial charge in [0.25, 0.3) is 5.91 Å². The molecule has 0 saturated carbocycles. The number of aromatic nitrogens is 3. The highest BCUT2D eigenvalue weighted by molar-refractivity contribution is 5.99. The van der Waals surface area contributed by atoms with Crippen LogP contribution in [0.1, 0.15) is 58.8 Å². The molecule has 1 aliphatic heterocycles. The molecule has 0 radical (unpaired) electrons. The number of carboxylic acids is 1. The van der Waals surface area contributed by atoms with E-state index in [1.807, 2.05) is 0 Å². The van der Waals surface area contributed by atoms with Crippen LogP contribution in [0.15, 0.2) is 48.5 Å². The van der Waals surface area contributed by atoms with Crippen LogP contribution in [-0.4, -0.2) is 61.4 Å². The largest absolute Gasteiger partial charge is 0.478 e. The van der Waals surface area contributed by atoms with E-state index in [9.17, 15) is 28.7 Å². The van der Waals surface area contributed by atoms with E-state index in [-0.39, 0.29) is 54.3 Å². The molecular weight excluding hydrogens is 483 g/mol. The van der Waals surface area contributed by atoms with Gasteiger partial charge in [0.1, 0.15) is 12.4 Å². The summed E-state index contributed by atoms with van der Waals surface area (Å²) in [5.74, 6) is -3.68. The molecular formula is C26H25FN4O6. The Morgan fingerprint density at radius 1 is 1.11 bits per heavy atom. The smallest absolute Gasteiger partial charge is 0.335 e. The zero-order valence-electron chi connectivity index (χ0n) is 20.5. The van der Waals surface area contributed by atoms with E-state index in [1.54, 1.807) is 20.8 Å². The number of carbonyl (C=O) groups excluding carboxylic acids is 3. The summed E-state index contributed by atoms with van der Waals surface area (Å²) in [6.07, 6.45) is 0. The van der Waals surface area contributed by atoms with Crippen LogP contribution in [0, 0.1) is 11.2 Å². The lowest BCUT2D eigenvalue weighted by Gasteiger charge is -2.24. The molecule has 4 rings (SSSR count). The Bertz CT molecular complexity index is 1380. The number of Topliss-reactive ketones (excluding diaryl/α,β-unsaturated/α-hetero) is 1. The fourth-order valence-electron chi connectivity index (χ4n) is 3.86. The number of hydrogen-bond donors (Lipinski definition) is 1. The van der Waals surface area contributed by atoms with E-state index in [0.29, 0.717) is 5.56 Å². The number of rotatable bonds is 6. The highest BCUT2D eigenvalue weighted by atomic mass is 19.1. The second-order valence-corrected chi connectivity index (χ2v) is 9.73. The van der Waals surface area contributed by atoms with Crippen molar-refractivity contribution in [1.82, 2.24) is 19.7 Å². The number of amides is 1. The molecule has 10 nitrogen and oxygen atoms in total. The molecule has 0 aliphatic carbocycles. The fourth-order valence-corrected chi connectivity index (χ4v) is 3.86. The minimum atomic E-state index is -1.21. The lowest BCUT2D eigenvalue weighted by molar-refractivity contribution is -0.139. The number of likely N-dealkylation sites (tertiary alicyclic amines) is 1. The first-order chi connectivity index (χ1) is 17.4. The van der Waals surface area contributed by atoms with Crippen molar-refractivity contribution in [1.29, 1.82) is 0 Å². The van der Waals surface area contributed by atoms with Crippen molar-refractivity contribution < 1.29 is 33.4 Å². The number of carbonyl (C=O) groups is 4.